The molecule has 1 aliphatic carbocycles. The summed E-state index contributed by atoms with van der Waals surface area (Å²) in [5.74, 6) is 1.26. The first-order valence-electron chi connectivity index (χ1n) is 9.49. The van der Waals surface area contributed by atoms with Crippen LogP contribution in [0.15, 0.2) is 39.0 Å². The Morgan fingerprint density at radius 1 is 1.33 bits per heavy atom. The van der Waals surface area contributed by atoms with Gasteiger partial charge in [0.15, 0.2) is 5.69 Å². The van der Waals surface area contributed by atoms with Crippen molar-refractivity contribution in [3.8, 4) is 16.5 Å². The highest BCUT2D eigenvalue weighted by atomic mass is 32.1. The first kappa shape index (κ1) is 18.5. The fraction of sp³-hybridized carbons (Fsp3) is 0.250. The van der Waals surface area contributed by atoms with Crippen molar-refractivity contribution in [1.82, 2.24) is 24.9 Å². The molecule has 1 amide bonds. The smallest absolute Gasteiger partial charge is 0.279 e. The van der Waals surface area contributed by atoms with E-state index >= 15 is 0 Å². The van der Waals surface area contributed by atoms with E-state index in [1.54, 1.807) is 26.0 Å². The number of thiophene rings is 1. The summed E-state index contributed by atoms with van der Waals surface area (Å²) in [4.78, 5) is 33.1. The van der Waals surface area contributed by atoms with Crippen molar-refractivity contribution in [2.75, 3.05) is 5.32 Å². The minimum atomic E-state index is -0.421. The van der Waals surface area contributed by atoms with Crippen LogP contribution in [-0.4, -0.2) is 30.8 Å². The van der Waals surface area contributed by atoms with Gasteiger partial charge in [0.1, 0.15) is 17.3 Å². The number of carbonyl (C=O) groups is 1. The van der Waals surface area contributed by atoms with Crippen LogP contribution in [0.5, 0.6) is 0 Å². The van der Waals surface area contributed by atoms with E-state index in [1.807, 2.05) is 17.5 Å². The van der Waals surface area contributed by atoms with Gasteiger partial charge in [-0.3, -0.25) is 14.6 Å². The second-order valence-electron chi connectivity index (χ2n) is 7.25. The molecule has 9 nitrogen and oxygen atoms in total. The highest BCUT2D eigenvalue weighted by Crippen LogP contribution is 2.40. The summed E-state index contributed by atoms with van der Waals surface area (Å²) in [6, 6.07) is 7.26. The zero-order valence-electron chi connectivity index (χ0n) is 16.3. The second-order valence-corrected chi connectivity index (χ2v) is 8.19. The fourth-order valence-corrected chi connectivity index (χ4v) is 3.73. The minimum absolute atomic E-state index is 0.198. The van der Waals surface area contributed by atoms with Crippen LogP contribution in [-0.2, 0) is 0 Å². The number of hydrogen-bond donors (Lipinski definition) is 2. The molecule has 10 heteroatoms. The van der Waals surface area contributed by atoms with Gasteiger partial charge in [-0.25, -0.2) is 4.98 Å². The number of aromatic amines is 1. The first-order chi connectivity index (χ1) is 14.5. The van der Waals surface area contributed by atoms with E-state index in [0.717, 1.165) is 23.5 Å². The Morgan fingerprint density at radius 3 is 2.87 bits per heavy atom. The zero-order valence-corrected chi connectivity index (χ0v) is 17.1. The number of rotatable bonds is 5. The van der Waals surface area contributed by atoms with Crippen molar-refractivity contribution >= 4 is 23.1 Å². The maximum atomic E-state index is 12.8. The van der Waals surface area contributed by atoms with E-state index in [9.17, 15) is 9.59 Å². The Labute approximate surface area is 174 Å². The van der Waals surface area contributed by atoms with Gasteiger partial charge in [-0.1, -0.05) is 11.2 Å². The number of aromatic nitrogens is 5. The number of aryl methyl sites for hydroxylation is 1. The lowest BCUT2D eigenvalue weighted by molar-refractivity contribution is 0.101. The number of amides is 1. The minimum Gasteiger partial charge on any atom is -0.360 e. The maximum Gasteiger partial charge on any atom is 0.279 e. The Morgan fingerprint density at radius 2 is 2.17 bits per heavy atom. The monoisotopic (exact) mass is 422 g/mol. The molecule has 0 aliphatic heterocycles. The molecule has 0 radical (unpaired) electrons. The van der Waals surface area contributed by atoms with Gasteiger partial charge in [0.2, 0.25) is 5.95 Å². The van der Waals surface area contributed by atoms with Crippen LogP contribution in [0.2, 0.25) is 0 Å². The molecule has 1 saturated carbocycles. The van der Waals surface area contributed by atoms with E-state index < -0.39 is 5.91 Å². The van der Waals surface area contributed by atoms with E-state index in [1.165, 1.54) is 16.0 Å². The van der Waals surface area contributed by atoms with Crippen molar-refractivity contribution < 1.29 is 9.32 Å². The number of nitrogens with one attached hydrogen (secondary N) is 2. The van der Waals surface area contributed by atoms with Crippen LogP contribution in [0.4, 0.5) is 5.82 Å². The molecule has 4 aromatic rings. The van der Waals surface area contributed by atoms with Crippen LogP contribution >= 0.6 is 11.3 Å². The van der Waals surface area contributed by atoms with Crippen molar-refractivity contribution in [1.29, 1.82) is 0 Å². The first-order valence-corrected chi connectivity index (χ1v) is 10.4. The van der Waals surface area contributed by atoms with Crippen LogP contribution in [0.1, 0.15) is 46.3 Å². The van der Waals surface area contributed by atoms with E-state index in [0.29, 0.717) is 28.7 Å². The topological polar surface area (TPSA) is 119 Å². The quantitative estimate of drug-likeness (QED) is 0.509. The van der Waals surface area contributed by atoms with Gasteiger partial charge in [0.25, 0.3) is 11.5 Å². The number of nitrogens with zero attached hydrogens (tertiary/aromatic N) is 4. The van der Waals surface area contributed by atoms with Gasteiger partial charge >= 0.3 is 0 Å². The number of hydrogen-bond acceptors (Lipinski definition) is 7. The molecule has 0 bridgehead atoms. The Bertz CT molecular complexity index is 1300. The fourth-order valence-electron chi connectivity index (χ4n) is 3.04. The molecule has 0 saturated heterocycles. The predicted octanol–water partition coefficient (Wildman–Crippen LogP) is 3.42. The van der Waals surface area contributed by atoms with Crippen molar-refractivity contribution in [2.45, 2.75) is 32.6 Å². The number of anilines is 1. The van der Waals surface area contributed by atoms with Crippen molar-refractivity contribution in [3.05, 3.63) is 62.7 Å². The molecule has 0 aromatic carbocycles. The molecule has 4 heterocycles. The standard InChI is InChI=1S/C20H18N6O3S/c1-10-11(2)21-20(23-18(10)27)26-17(9-13(24-26)16-4-3-7-30-16)22-19(28)14-8-15(29-25-14)12-5-6-12/h3-4,7-9,12H,5-6H2,1-2H3,(H,22,28)(H,21,23,27). The summed E-state index contributed by atoms with van der Waals surface area (Å²) in [6.07, 6.45) is 2.11. The van der Waals surface area contributed by atoms with Gasteiger partial charge in [-0.15, -0.1) is 11.3 Å². The second kappa shape index (κ2) is 7.06. The Balaban J connectivity index is 1.54. The molecule has 5 rings (SSSR count). The number of carbonyl (C=O) groups excluding carboxylic acids is 1. The molecule has 152 valence electrons. The van der Waals surface area contributed by atoms with Crippen molar-refractivity contribution in [3.63, 3.8) is 0 Å². The Hall–Kier alpha value is -3.53. The van der Waals surface area contributed by atoms with Crippen molar-refractivity contribution in [2.24, 2.45) is 0 Å². The summed E-state index contributed by atoms with van der Waals surface area (Å²) < 4.78 is 6.70. The zero-order chi connectivity index (χ0) is 20.8. The molecule has 0 unspecified atom stereocenters. The third kappa shape index (κ3) is 3.35. The SMILES string of the molecule is Cc1nc(-n2nc(-c3cccs3)cc2NC(=O)c2cc(C3CC3)on2)[nH]c(=O)c1C. The van der Waals surface area contributed by atoms with Gasteiger partial charge in [0, 0.05) is 29.3 Å². The molecule has 0 spiro atoms. The van der Waals surface area contributed by atoms with Gasteiger partial charge < -0.3 is 9.84 Å². The van der Waals surface area contributed by atoms with Crippen LogP contribution < -0.4 is 10.9 Å². The molecule has 1 aliphatic rings. The van der Waals surface area contributed by atoms with E-state index in [4.69, 9.17) is 4.52 Å². The lowest BCUT2D eigenvalue weighted by Gasteiger charge is -2.08. The maximum absolute atomic E-state index is 12.8. The van der Waals surface area contributed by atoms with Crippen LogP contribution in [0.25, 0.3) is 16.5 Å². The highest BCUT2D eigenvalue weighted by molar-refractivity contribution is 7.13. The third-order valence-corrected chi connectivity index (χ3v) is 5.94. The van der Waals surface area contributed by atoms with Gasteiger partial charge in [-0.05, 0) is 38.1 Å². The Kier molecular flexibility index (Phi) is 4.35. The van der Waals surface area contributed by atoms with Crippen LogP contribution in [0.3, 0.4) is 0 Å². The largest absolute Gasteiger partial charge is 0.360 e. The summed E-state index contributed by atoms with van der Waals surface area (Å²) in [5, 5.41) is 13.2. The summed E-state index contributed by atoms with van der Waals surface area (Å²) in [5.41, 5.74) is 1.72. The van der Waals surface area contributed by atoms with E-state index in [2.05, 4.69) is 25.5 Å². The number of H-pyrrole nitrogens is 1. The third-order valence-electron chi connectivity index (χ3n) is 5.05. The summed E-state index contributed by atoms with van der Waals surface area (Å²) >= 11 is 1.52. The lowest BCUT2D eigenvalue weighted by Crippen LogP contribution is -2.21. The molecule has 4 aromatic heterocycles. The normalized spacial score (nSPS) is 13.5. The average molecular weight is 422 g/mol. The molecular weight excluding hydrogens is 404 g/mol. The molecule has 30 heavy (non-hydrogen) atoms. The molecular formula is C20H18N6O3S. The average Bonchev–Trinajstić information content (AvgIpc) is 3.15. The predicted molar refractivity (Wildman–Crippen MR) is 111 cm³/mol. The van der Waals surface area contributed by atoms with Gasteiger partial charge in [0.05, 0.1) is 4.88 Å². The summed E-state index contributed by atoms with van der Waals surface area (Å²) in [7, 11) is 0. The lowest BCUT2D eigenvalue weighted by atomic mass is 10.3. The van der Waals surface area contributed by atoms with E-state index in [-0.39, 0.29) is 17.2 Å². The molecule has 2 N–H and O–H groups in total. The van der Waals surface area contributed by atoms with Crippen LogP contribution in [0, 0.1) is 13.8 Å². The highest BCUT2D eigenvalue weighted by Gasteiger charge is 2.29. The van der Waals surface area contributed by atoms with Gasteiger partial charge in [-0.2, -0.15) is 9.78 Å². The molecule has 1 fully saturated rings. The summed E-state index contributed by atoms with van der Waals surface area (Å²) in [6.45, 7) is 3.46. The molecule has 0 atom stereocenters.